The molecule has 0 aliphatic heterocycles. The van der Waals surface area contributed by atoms with Crippen molar-refractivity contribution in [2.24, 2.45) is 0 Å². The van der Waals surface area contributed by atoms with Gasteiger partial charge in [-0.1, -0.05) is 29.3 Å². The Balaban J connectivity index is 2.39. The summed E-state index contributed by atoms with van der Waals surface area (Å²) in [5, 5.41) is 3.68. The molecular weight excluding hydrogens is 383 g/mol. The van der Waals surface area contributed by atoms with Gasteiger partial charge >= 0.3 is 0 Å². The average molecular weight is 395 g/mol. The highest BCUT2D eigenvalue weighted by Gasteiger charge is 2.19. The standard InChI is InChI=1S/C15H12BrCl2F2N/c1-21-15(6-8-11(17)3-2-4-13(8)19)9-5-12(18)10(16)7-14(9)20/h2-5,7,15,21H,6H2,1H3. The summed E-state index contributed by atoms with van der Waals surface area (Å²) in [5.41, 5.74) is 0.710. The van der Waals surface area contributed by atoms with Crippen molar-refractivity contribution in [2.45, 2.75) is 12.5 Å². The molecule has 0 fully saturated rings. The zero-order chi connectivity index (χ0) is 15.6. The zero-order valence-electron chi connectivity index (χ0n) is 11.1. The van der Waals surface area contributed by atoms with Crippen molar-refractivity contribution in [2.75, 3.05) is 7.05 Å². The molecule has 1 unspecified atom stereocenters. The van der Waals surface area contributed by atoms with Crippen molar-refractivity contribution < 1.29 is 8.78 Å². The van der Waals surface area contributed by atoms with Gasteiger partial charge in [-0.2, -0.15) is 0 Å². The van der Waals surface area contributed by atoms with Crippen molar-refractivity contribution in [3.63, 3.8) is 0 Å². The molecule has 0 bridgehead atoms. The van der Waals surface area contributed by atoms with Gasteiger partial charge in [-0.3, -0.25) is 0 Å². The molecule has 0 heterocycles. The molecule has 2 rings (SSSR count). The van der Waals surface area contributed by atoms with Crippen LogP contribution in [0.5, 0.6) is 0 Å². The number of nitrogens with one attached hydrogen (secondary N) is 1. The molecule has 0 spiro atoms. The number of hydrogen-bond acceptors (Lipinski definition) is 1. The quantitative estimate of drug-likeness (QED) is 0.671. The number of halogens is 5. The highest BCUT2D eigenvalue weighted by Crippen LogP contribution is 2.31. The number of rotatable bonds is 4. The molecule has 0 amide bonds. The summed E-state index contributed by atoms with van der Waals surface area (Å²) in [5.74, 6) is -0.829. The van der Waals surface area contributed by atoms with Crippen LogP contribution in [-0.4, -0.2) is 7.05 Å². The fraction of sp³-hybridized carbons (Fsp3) is 0.200. The number of hydrogen-bond donors (Lipinski definition) is 1. The second-order valence-electron chi connectivity index (χ2n) is 4.53. The van der Waals surface area contributed by atoms with Crippen LogP contribution in [0.2, 0.25) is 10.0 Å². The third-order valence-corrected chi connectivity index (χ3v) is 4.78. The summed E-state index contributed by atoms with van der Waals surface area (Å²) in [6.45, 7) is 0. The Morgan fingerprint density at radius 2 is 1.86 bits per heavy atom. The maximum absolute atomic E-state index is 14.1. The van der Waals surface area contributed by atoms with Gasteiger partial charge in [-0.15, -0.1) is 0 Å². The van der Waals surface area contributed by atoms with Gasteiger partial charge in [-0.05, 0) is 53.7 Å². The Bertz CT molecular complexity index is 644. The monoisotopic (exact) mass is 393 g/mol. The van der Waals surface area contributed by atoms with Gasteiger partial charge < -0.3 is 5.32 Å². The molecule has 21 heavy (non-hydrogen) atoms. The zero-order valence-corrected chi connectivity index (χ0v) is 14.2. The van der Waals surface area contributed by atoms with E-state index < -0.39 is 17.7 Å². The van der Waals surface area contributed by atoms with Crippen LogP contribution in [0.15, 0.2) is 34.8 Å². The van der Waals surface area contributed by atoms with Crippen LogP contribution in [0.3, 0.4) is 0 Å². The van der Waals surface area contributed by atoms with E-state index in [1.807, 2.05) is 0 Å². The lowest BCUT2D eigenvalue weighted by Crippen LogP contribution is -2.21. The normalized spacial score (nSPS) is 12.5. The maximum Gasteiger partial charge on any atom is 0.129 e. The molecule has 2 aromatic carbocycles. The molecule has 112 valence electrons. The highest BCUT2D eigenvalue weighted by atomic mass is 79.9. The lowest BCUT2D eigenvalue weighted by atomic mass is 9.98. The third kappa shape index (κ3) is 3.75. The largest absolute Gasteiger partial charge is 0.313 e. The van der Waals surface area contributed by atoms with Crippen LogP contribution in [-0.2, 0) is 6.42 Å². The van der Waals surface area contributed by atoms with Crippen LogP contribution in [0.25, 0.3) is 0 Å². The van der Waals surface area contributed by atoms with Gasteiger partial charge in [0.1, 0.15) is 11.6 Å². The molecular formula is C15H12BrCl2F2N. The van der Waals surface area contributed by atoms with Crippen LogP contribution in [0.1, 0.15) is 17.2 Å². The van der Waals surface area contributed by atoms with Gasteiger partial charge in [0, 0.05) is 26.7 Å². The Kier molecular flexibility index (Phi) is 5.60. The Morgan fingerprint density at radius 1 is 1.14 bits per heavy atom. The molecule has 1 N–H and O–H groups in total. The molecule has 6 heteroatoms. The van der Waals surface area contributed by atoms with Crippen molar-refractivity contribution in [3.05, 3.63) is 67.6 Å². The lowest BCUT2D eigenvalue weighted by molar-refractivity contribution is 0.519. The SMILES string of the molecule is CNC(Cc1c(F)cccc1Cl)c1cc(Cl)c(Br)cc1F. The van der Waals surface area contributed by atoms with Crippen molar-refractivity contribution in [3.8, 4) is 0 Å². The fourth-order valence-electron chi connectivity index (χ4n) is 2.10. The molecule has 1 atom stereocenters. The molecule has 0 aliphatic carbocycles. The predicted octanol–water partition coefficient (Wildman–Crippen LogP) is 5.54. The van der Waals surface area contributed by atoms with E-state index in [2.05, 4.69) is 21.2 Å². The number of benzene rings is 2. The summed E-state index contributed by atoms with van der Waals surface area (Å²) < 4.78 is 28.5. The molecule has 0 aliphatic rings. The lowest BCUT2D eigenvalue weighted by Gasteiger charge is -2.19. The average Bonchev–Trinajstić information content (AvgIpc) is 2.43. The van der Waals surface area contributed by atoms with Crippen LogP contribution in [0.4, 0.5) is 8.78 Å². The maximum atomic E-state index is 14.1. The van der Waals surface area contributed by atoms with Crippen LogP contribution in [0, 0.1) is 11.6 Å². The second-order valence-corrected chi connectivity index (χ2v) is 6.20. The molecule has 2 aromatic rings. The van der Waals surface area contributed by atoms with Gasteiger partial charge in [0.05, 0.1) is 5.02 Å². The fourth-order valence-corrected chi connectivity index (χ4v) is 2.83. The first-order valence-corrected chi connectivity index (χ1v) is 7.73. The minimum atomic E-state index is -0.440. The summed E-state index contributed by atoms with van der Waals surface area (Å²) in [4.78, 5) is 0. The van der Waals surface area contributed by atoms with Gasteiger partial charge in [0.2, 0.25) is 0 Å². The van der Waals surface area contributed by atoms with Gasteiger partial charge in [-0.25, -0.2) is 8.78 Å². The topological polar surface area (TPSA) is 12.0 Å². The van der Waals surface area contributed by atoms with Crippen LogP contribution >= 0.6 is 39.1 Å². The summed E-state index contributed by atoms with van der Waals surface area (Å²) >= 11 is 15.2. The van der Waals surface area contributed by atoms with Gasteiger partial charge in [0.25, 0.3) is 0 Å². The second kappa shape index (κ2) is 7.05. The van der Waals surface area contributed by atoms with E-state index in [-0.39, 0.29) is 6.42 Å². The van der Waals surface area contributed by atoms with E-state index in [1.165, 1.54) is 24.3 Å². The van der Waals surface area contributed by atoms with E-state index in [0.29, 0.717) is 25.6 Å². The third-order valence-electron chi connectivity index (χ3n) is 3.23. The summed E-state index contributed by atoms with van der Waals surface area (Å²) in [6, 6.07) is 6.86. The molecule has 0 saturated carbocycles. The van der Waals surface area contributed by atoms with Crippen molar-refractivity contribution in [1.82, 2.24) is 5.32 Å². The van der Waals surface area contributed by atoms with Crippen LogP contribution < -0.4 is 5.32 Å². The Morgan fingerprint density at radius 3 is 2.48 bits per heavy atom. The van der Waals surface area contributed by atoms with E-state index in [4.69, 9.17) is 23.2 Å². The first-order valence-electron chi connectivity index (χ1n) is 6.18. The van der Waals surface area contributed by atoms with Crippen molar-refractivity contribution >= 4 is 39.1 Å². The molecule has 0 aromatic heterocycles. The Hall–Kier alpha value is -0.680. The van der Waals surface area contributed by atoms with Crippen molar-refractivity contribution in [1.29, 1.82) is 0 Å². The Labute approximate surface area is 140 Å². The molecule has 0 radical (unpaired) electrons. The predicted molar refractivity (Wildman–Crippen MR) is 86.0 cm³/mol. The summed E-state index contributed by atoms with van der Waals surface area (Å²) in [7, 11) is 1.68. The van der Waals surface area contributed by atoms with E-state index in [0.717, 1.165) is 0 Å². The van der Waals surface area contributed by atoms with Gasteiger partial charge in [0.15, 0.2) is 0 Å². The summed E-state index contributed by atoms with van der Waals surface area (Å²) in [6.07, 6.45) is 0.219. The highest BCUT2D eigenvalue weighted by molar-refractivity contribution is 9.10. The minimum absolute atomic E-state index is 0.219. The number of likely N-dealkylation sites (N-methyl/N-ethyl adjacent to an activating group) is 1. The first kappa shape index (κ1) is 16.7. The van der Waals surface area contributed by atoms with E-state index in [1.54, 1.807) is 13.1 Å². The smallest absolute Gasteiger partial charge is 0.129 e. The van der Waals surface area contributed by atoms with E-state index in [9.17, 15) is 8.78 Å². The van der Waals surface area contributed by atoms with E-state index >= 15 is 0 Å². The molecule has 1 nitrogen and oxygen atoms in total. The first-order chi connectivity index (χ1) is 9.93. The molecule has 0 saturated heterocycles. The minimum Gasteiger partial charge on any atom is -0.313 e.